The molecule has 0 bridgehead atoms. The van der Waals surface area contributed by atoms with E-state index in [1.54, 1.807) is 0 Å². The van der Waals surface area contributed by atoms with Crippen LogP contribution in [0, 0.1) is 11.2 Å². The number of carbonyl (C=O) groups is 1. The molecule has 0 heterocycles. The van der Waals surface area contributed by atoms with Crippen molar-refractivity contribution in [2.45, 2.75) is 52.3 Å². The summed E-state index contributed by atoms with van der Waals surface area (Å²) in [5, 5.41) is 4.88. The summed E-state index contributed by atoms with van der Waals surface area (Å²) in [5.41, 5.74) is 0.844. The van der Waals surface area contributed by atoms with Crippen LogP contribution in [-0.2, 0) is 6.42 Å². The van der Waals surface area contributed by atoms with Gasteiger partial charge in [0, 0.05) is 24.2 Å². The zero-order valence-corrected chi connectivity index (χ0v) is 16.3. The van der Waals surface area contributed by atoms with Crippen LogP contribution in [0.25, 0.3) is 0 Å². The number of carbonyl (C=O) groups excluding carboxylic acids is 1. The summed E-state index contributed by atoms with van der Waals surface area (Å²) in [4.78, 5) is 12.5. The largest absolute Gasteiger partial charge is 0.409 e. The minimum atomic E-state index is -4.41. The second kappa shape index (κ2) is 9.35. The van der Waals surface area contributed by atoms with E-state index >= 15 is 0 Å². The number of Topliss-reactive ketones (excluding diaryl/α,β-unsaturated/α-hetero) is 1. The quantitative estimate of drug-likeness (QED) is 0.479. The van der Waals surface area contributed by atoms with Gasteiger partial charge in [-0.2, -0.15) is 13.2 Å². The highest BCUT2D eigenvalue weighted by atomic mass is 19.4. The van der Waals surface area contributed by atoms with Gasteiger partial charge in [-0.25, -0.2) is 4.39 Å². The predicted molar refractivity (Wildman–Crippen MR) is 99.2 cm³/mol. The Morgan fingerprint density at radius 2 is 1.85 bits per heavy atom. The Morgan fingerprint density at radius 1 is 1.22 bits per heavy atom. The fourth-order valence-corrected chi connectivity index (χ4v) is 2.66. The molecule has 0 saturated carbocycles. The van der Waals surface area contributed by atoms with Crippen LogP contribution in [0.3, 0.4) is 0 Å². The molecule has 3 nitrogen and oxygen atoms in total. The van der Waals surface area contributed by atoms with Crippen molar-refractivity contribution >= 4 is 5.78 Å². The third kappa shape index (κ3) is 8.12. The first-order chi connectivity index (χ1) is 12.3. The Morgan fingerprint density at radius 3 is 2.37 bits per heavy atom. The number of hydrogen-bond donors (Lipinski definition) is 2. The number of ketones is 1. The molecule has 0 aliphatic heterocycles. The van der Waals surface area contributed by atoms with Crippen molar-refractivity contribution < 1.29 is 22.4 Å². The third-order valence-corrected chi connectivity index (χ3v) is 3.94. The fourth-order valence-electron chi connectivity index (χ4n) is 2.66. The topological polar surface area (TPSA) is 41.1 Å². The van der Waals surface area contributed by atoms with Gasteiger partial charge in [-0.3, -0.25) is 4.79 Å². The number of aryl methyl sites for hydroxylation is 1. The van der Waals surface area contributed by atoms with Gasteiger partial charge in [0.1, 0.15) is 11.9 Å². The summed E-state index contributed by atoms with van der Waals surface area (Å²) < 4.78 is 52.5. The molecule has 7 heteroatoms. The molecule has 0 saturated heterocycles. The SMILES string of the molecule is C=C(CCc1ccc(F)cc1C(=O)CC(C)(C)C)NC(CNC)C(F)(F)F. The van der Waals surface area contributed by atoms with Crippen LogP contribution in [0.15, 0.2) is 30.5 Å². The van der Waals surface area contributed by atoms with E-state index in [4.69, 9.17) is 0 Å². The molecule has 1 aromatic rings. The second-order valence-electron chi connectivity index (χ2n) is 7.86. The number of halogens is 4. The summed E-state index contributed by atoms with van der Waals surface area (Å²) in [6, 6.07) is 2.20. The number of likely N-dealkylation sites (N-methyl/N-ethyl adjacent to an activating group) is 1. The van der Waals surface area contributed by atoms with Crippen LogP contribution in [0.2, 0.25) is 0 Å². The lowest BCUT2D eigenvalue weighted by atomic mass is 9.86. The lowest BCUT2D eigenvalue weighted by Gasteiger charge is -2.24. The summed E-state index contributed by atoms with van der Waals surface area (Å²) in [6.45, 7) is 9.11. The summed E-state index contributed by atoms with van der Waals surface area (Å²) >= 11 is 0. The van der Waals surface area contributed by atoms with E-state index in [1.807, 2.05) is 20.8 Å². The highest BCUT2D eigenvalue weighted by molar-refractivity contribution is 5.97. The van der Waals surface area contributed by atoms with E-state index in [0.29, 0.717) is 12.0 Å². The third-order valence-electron chi connectivity index (χ3n) is 3.94. The van der Waals surface area contributed by atoms with Crippen molar-refractivity contribution in [3.63, 3.8) is 0 Å². The van der Waals surface area contributed by atoms with Crippen LogP contribution < -0.4 is 10.6 Å². The number of allylic oxidation sites excluding steroid dienone is 1. The van der Waals surface area contributed by atoms with E-state index in [9.17, 15) is 22.4 Å². The minimum absolute atomic E-state index is 0.182. The normalized spacial score (nSPS) is 13.3. The average Bonchev–Trinajstić information content (AvgIpc) is 2.50. The van der Waals surface area contributed by atoms with Crippen LogP contribution in [0.4, 0.5) is 17.6 Å². The van der Waals surface area contributed by atoms with Gasteiger partial charge in [-0.1, -0.05) is 33.4 Å². The molecule has 0 amide bonds. The van der Waals surface area contributed by atoms with Crippen molar-refractivity contribution in [3.05, 3.63) is 47.4 Å². The average molecular weight is 388 g/mol. The molecular formula is C20H28F4N2O. The highest BCUT2D eigenvalue weighted by Crippen LogP contribution is 2.25. The number of nitrogens with one attached hydrogen (secondary N) is 2. The Kier molecular flexibility index (Phi) is 8.02. The molecule has 0 fully saturated rings. The molecule has 0 spiro atoms. The van der Waals surface area contributed by atoms with E-state index in [0.717, 1.165) is 0 Å². The molecule has 1 atom stereocenters. The molecule has 0 aliphatic rings. The van der Waals surface area contributed by atoms with Crippen LogP contribution >= 0.6 is 0 Å². The Hall–Kier alpha value is -1.89. The first kappa shape index (κ1) is 23.1. The zero-order chi connectivity index (χ0) is 20.8. The predicted octanol–water partition coefficient (Wildman–Crippen LogP) is 4.63. The van der Waals surface area contributed by atoms with Crippen LogP contribution in [0.5, 0.6) is 0 Å². The maximum atomic E-state index is 13.6. The lowest BCUT2D eigenvalue weighted by molar-refractivity contribution is -0.152. The van der Waals surface area contributed by atoms with Gasteiger partial charge in [-0.15, -0.1) is 0 Å². The molecule has 27 heavy (non-hydrogen) atoms. The summed E-state index contributed by atoms with van der Waals surface area (Å²) in [6.07, 6.45) is -3.66. The van der Waals surface area contributed by atoms with Gasteiger partial charge in [0.2, 0.25) is 0 Å². The molecule has 0 radical (unpaired) electrons. The summed E-state index contributed by atoms with van der Waals surface area (Å²) in [5.74, 6) is -0.696. The van der Waals surface area contributed by atoms with Gasteiger partial charge in [0.15, 0.2) is 5.78 Å². The number of rotatable bonds is 9. The second-order valence-corrected chi connectivity index (χ2v) is 7.86. The van der Waals surface area contributed by atoms with Crippen molar-refractivity contribution in [2.24, 2.45) is 5.41 Å². The lowest BCUT2D eigenvalue weighted by Crippen LogP contribution is -2.47. The molecule has 2 N–H and O–H groups in total. The van der Waals surface area contributed by atoms with Crippen molar-refractivity contribution in [1.29, 1.82) is 0 Å². The van der Waals surface area contributed by atoms with E-state index in [1.165, 1.54) is 25.2 Å². The molecule has 1 unspecified atom stereocenters. The number of benzene rings is 1. The Bertz CT molecular complexity index is 663. The molecule has 1 rings (SSSR count). The zero-order valence-electron chi connectivity index (χ0n) is 16.3. The number of hydrogen-bond acceptors (Lipinski definition) is 3. The monoisotopic (exact) mass is 388 g/mol. The highest BCUT2D eigenvalue weighted by Gasteiger charge is 2.39. The summed E-state index contributed by atoms with van der Waals surface area (Å²) in [7, 11) is 1.44. The molecule has 0 aromatic heterocycles. The van der Waals surface area contributed by atoms with Crippen LogP contribution in [0.1, 0.15) is 49.5 Å². The van der Waals surface area contributed by atoms with E-state index < -0.39 is 18.0 Å². The maximum absolute atomic E-state index is 13.6. The van der Waals surface area contributed by atoms with Crippen LogP contribution in [-0.4, -0.2) is 31.6 Å². The Balaban J connectivity index is 2.84. The molecule has 1 aromatic carbocycles. The first-order valence-corrected chi connectivity index (χ1v) is 8.81. The van der Waals surface area contributed by atoms with Gasteiger partial charge >= 0.3 is 6.18 Å². The van der Waals surface area contributed by atoms with Gasteiger partial charge < -0.3 is 10.6 Å². The standard InChI is InChI=1S/C20H28F4N2O/c1-13(26-18(12-25-5)20(22,23)24)6-7-14-8-9-15(21)10-16(14)17(27)11-19(2,3)4/h8-10,18,25-26H,1,6-7,11-12H2,2-5H3. The molecular weight excluding hydrogens is 360 g/mol. The van der Waals surface area contributed by atoms with E-state index in [-0.39, 0.29) is 41.8 Å². The van der Waals surface area contributed by atoms with Gasteiger partial charge in [0.25, 0.3) is 0 Å². The fraction of sp³-hybridized carbons (Fsp3) is 0.550. The van der Waals surface area contributed by atoms with Gasteiger partial charge in [0.05, 0.1) is 0 Å². The first-order valence-electron chi connectivity index (χ1n) is 8.81. The Labute approximate surface area is 158 Å². The number of alkyl halides is 3. The molecule has 152 valence electrons. The minimum Gasteiger partial charge on any atom is -0.377 e. The smallest absolute Gasteiger partial charge is 0.377 e. The van der Waals surface area contributed by atoms with Crippen molar-refractivity contribution in [2.75, 3.05) is 13.6 Å². The van der Waals surface area contributed by atoms with E-state index in [2.05, 4.69) is 17.2 Å². The van der Waals surface area contributed by atoms with Gasteiger partial charge in [-0.05, 0) is 43.0 Å². The maximum Gasteiger partial charge on any atom is 0.409 e. The van der Waals surface area contributed by atoms with Crippen molar-refractivity contribution in [1.82, 2.24) is 10.6 Å². The van der Waals surface area contributed by atoms with Crippen molar-refractivity contribution in [3.8, 4) is 0 Å². The molecule has 0 aliphatic carbocycles.